The molecule has 3 rings (SSSR count). The molecule has 0 aliphatic carbocycles. The Labute approximate surface area is 116 Å². The topological polar surface area (TPSA) is 68.8 Å². The van der Waals surface area contributed by atoms with Gasteiger partial charge in [-0.25, -0.2) is 0 Å². The zero-order chi connectivity index (χ0) is 13.9. The van der Waals surface area contributed by atoms with E-state index in [2.05, 4.69) is 27.5 Å². The maximum absolute atomic E-state index is 5.16. The van der Waals surface area contributed by atoms with Crippen molar-refractivity contribution in [2.75, 3.05) is 5.32 Å². The fourth-order valence-electron chi connectivity index (χ4n) is 2.00. The average Bonchev–Trinajstić information content (AvgIpc) is 3.10. The summed E-state index contributed by atoms with van der Waals surface area (Å²) < 4.78 is 6.96. The number of hydrogen-bond donors (Lipinski definition) is 1. The van der Waals surface area contributed by atoms with E-state index >= 15 is 0 Å². The first kappa shape index (κ1) is 12.4. The summed E-state index contributed by atoms with van der Waals surface area (Å²) in [5.41, 5.74) is 3.08. The zero-order valence-electron chi connectivity index (χ0n) is 11.3. The lowest BCUT2D eigenvalue weighted by Gasteiger charge is -2.13. The van der Waals surface area contributed by atoms with E-state index in [4.69, 9.17) is 4.42 Å². The van der Waals surface area contributed by atoms with Crippen molar-refractivity contribution in [1.29, 1.82) is 0 Å². The van der Waals surface area contributed by atoms with Crippen LogP contribution in [0.5, 0.6) is 0 Å². The Bertz CT molecular complexity index is 672. The molecule has 102 valence electrons. The van der Waals surface area contributed by atoms with Crippen molar-refractivity contribution in [3.63, 3.8) is 0 Å². The molecule has 0 aliphatic heterocycles. The zero-order valence-corrected chi connectivity index (χ0v) is 11.3. The molecular weight excluding hydrogens is 254 g/mol. The summed E-state index contributed by atoms with van der Waals surface area (Å²) >= 11 is 0. The minimum atomic E-state index is 0.193. The van der Waals surface area contributed by atoms with Gasteiger partial charge in [-0.2, -0.15) is 5.10 Å². The van der Waals surface area contributed by atoms with Crippen LogP contribution in [0.25, 0.3) is 11.5 Å². The molecule has 1 unspecified atom stereocenters. The number of benzene rings is 1. The highest BCUT2D eigenvalue weighted by molar-refractivity contribution is 5.58. The van der Waals surface area contributed by atoms with Gasteiger partial charge < -0.3 is 9.73 Å². The normalized spacial score (nSPS) is 12.3. The fourth-order valence-corrected chi connectivity index (χ4v) is 2.00. The number of anilines is 1. The van der Waals surface area contributed by atoms with Crippen LogP contribution >= 0.6 is 0 Å². The Hall–Kier alpha value is -2.63. The van der Waals surface area contributed by atoms with Crippen LogP contribution in [0.4, 0.5) is 5.69 Å². The molecule has 1 aromatic carbocycles. The second-order valence-electron chi connectivity index (χ2n) is 4.63. The van der Waals surface area contributed by atoms with E-state index in [-0.39, 0.29) is 6.04 Å². The highest BCUT2D eigenvalue weighted by Crippen LogP contribution is 2.22. The summed E-state index contributed by atoms with van der Waals surface area (Å²) in [6.07, 6.45) is 5.20. The van der Waals surface area contributed by atoms with E-state index < -0.39 is 0 Å². The molecule has 6 nitrogen and oxygen atoms in total. The van der Waals surface area contributed by atoms with Crippen LogP contribution in [0.1, 0.15) is 18.5 Å². The highest BCUT2D eigenvalue weighted by Gasteiger charge is 2.08. The Morgan fingerprint density at radius 3 is 2.65 bits per heavy atom. The van der Waals surface area contributed by atoms with Gasteiger partial charge in [-0.15, -0.1) is 10.2 Å². The van der Waals surface area contributed by atoms with E-state index in [9.17, 15) is 0 Å². The van der Waals surface area contributed by atoms with Crippen LogP contribution in [-0.4, -0.2) is 20.0 Å². The van der Waals surface area contributed by atoms with Crippen LogP contribution in [0, 0.1) is 0 Å². The molecule has 0 saturated heterocycles. The molecule has 0 aliphatic rings. The molecule has 1 N–H and O–H groups in total. The summed E-state index contributed by atoms with van der Waals surface area (Å²) in [5.74, 6) is 0.525. The summed E-state index contributed by atoms with van der Waals surface area (Å²) in [4.78, 5) is 0. The van der Waals surface area contributed by atoms with Crippen LogP contribution in [0.15, 0.2) is 47.5 Å². The molecule has 0 spiro atoms. The lowest BCUT2D eigenvalue weighted by atomic mass is 10.1. The van der Waals surface area contributed by atoms with Crippen LogP contribution in [0.3, 0.4) is 0 Å². The molecule has 6 heteroatoms. The van der Waals surface area contributed by atoms with Crippen molar-refractivity contribution < 1.29 is 4.42 Å². The van der Waals surface area contributed by atoms with Gasteiger partial charge in [0.25, 0.3) is 0 Å². The van der Waals surface area contributed by atoms with Gasteiger partial charge >= 0.3 is 0 Å². The van der Waals surface area contributed by atoms with Crippen molar-refractivity contribution in [3.05, 3.63) is 48.6 Å². The molecule has 0 amide bonds. The van der Waals surface area contributed by atoms with E-state index in [1.54, 1.807) is 4.68 Å². The van der Waals surface area contributed by atoms with Gasteiger partial charge in [0.05, 0.1) is 12.2 Å². The summed E-state index contributed by atoms with van der Waals surface area (Å²) in [6.45, 7) is 2.10. The van der Waals surface area contributed by atoms with Crippen molar-refractivity contribution in [1.82, 2.24) is 20.0 Å². The number of aromatic nitrogens is 4. The summed E-state index contributed by atoms with van der Waals surface area (Å²) in [6, 6.07) is 8.08. The number of nitrogens with zero attached hydrogens (tertiary/aromatic N) is 4. The molecule has 0 saturated carbocycles. The molecule has 20 heavy (non-hydrogen) atoms. The van der Waals surface area contributed by atoms with Crippen molar-refractivity contribution >= 4 is 5.69 Å². The SMILES string of the molecule is CC(Nc1ccc(-c2nnco2)cc1)c1cnn(C)c1. The lowest BCUT2D eigenvalue weighted by molar-refractivity contribution is 0.568. The molecule has 2 heterocycles. The van der Waals surface area contributed by atoms with Gasteiger partial charge in [-0.3, -0.25) is 4.68 Å². The standard InChI is InChI=1S/C14H15N5O/c1-10(12-7-16-19(2)8-12)17-13-5-3-11(4-6-13)14-18-15-9-20-14/h3-10,17H,1-2H3. The predicted molar refractivity (Wildman–Crippen MR) is 75.0 cm³/mol. The number of rotatable bonds is 4. The maximum Gasteiger partial charge on any atom is 0.247 e. The first-order valence-electron chi connectivity index (χ1n) is 6.34. The third-order valence-corrected chi connectivity index (χ3v) is 3.10. The average molecular weight is 269 g/mol. The van der Waals surface area contributed by atoms with Crippen molar-refractivity contribution in [2.45, 2.75) is 13.0 Å². The molecule has 0 fully saturated rings. The lowest BCUT2D eigenvalue weighted by Crippen LogP contribution is -2.05. The Morgan fingerprint density at radius 2 is 2.05 bits per heavy atom. The Morgan fingerprint density at radius 1 is 1.25 bits per heavy atom. The largest absolute Gasteiger partial charge is 0.423 e. The highest BCUT2D eigenvalue weighted by atomic mass is 16.4. The second-order valence-corrected chi connectivity index (χ2v) is 4.63. The molecule has 0 radical (unpaired) electrons. The number of nitrogens with one attached hydrogen (secondary N) is 1. The molecule has 1 atom stereocenters. The first-order valence-corrected chi connectivity index (χ1v) is 6.34. The van der Waals surface area contributed by atoms with Gasteiger partial charge in [0.15, 0.2) is 0 Å². The van der Waals surface area contributed by atoms with Gasteiger partial charge in [0, 0.05) is 30.1 Å². The monoisotopic (exact) mass is 269 g/mol. The smallest absolute Gasteiger partial charge is 0.247 e. The van der Waals surface area contributed by atoms with Crippen LogP contribution in [-0.2, 0) is 7.05 Å². The van der Waals surface area contributed by atoms with Gasteiger partial charge in [-0.1, -0.05) is 0 Å². The van der Waals surface area contributed by atoms with E-state index in [1.165, 1.54) is 6.39 Å². The first-order chi connectivity index (χ1) is 9.72. The van der Waals surface area contributed by atoms with E-state index in [0.29, 0.717) is 5.89 Å². The fraction of sp³-hybridized carbons (Fsp3) is 0.214. The van der Waals surface area contributed by atoms with E-state index in [1.807, 2.05) is 43.7 Å². The molecule has 3 aromatic rings. The van der Waals surface area contributed by atoms with Crippen LogP contribution in [0.2, 0.25) is 0 Å². The molecular formula is C14H15N5O. The third kappa shape index (κ3) is 2.54. The number of aryl methyl sites for hydroxylation is 1. The van der Waals surface area contributed by atoms with Gasteiger partial charge in [0.2, 0.25) is 12.3 Å². The molecule has 0 bridgehead atoms. The Kier molecular flexibility index (Phi) is 3.20. The summed E-state index contributed by atoms with van der Waals surface area (Å²) in [7, 11) is 1.91. The number of hydrogen-bond acceptors (Lipinski definition) is 5. The maximum atomic E-state index is 5.16. The summed E-state index contributed by atoms with van der Waals surface area (Å²) in [5, 5.41) is 15.1. The molecule has 2 aromatic heterocycles. The minimum Gasteiger partial charge on any atom is -0.423 e. The van der Waals surface area contributed by atoms with Gasteiger partial charge in [0.1, 0.15) is 0 Å². The third-order valence-electron chi connectivity index (χ3n) is 3.10. The van der Waals surface area contributed by atoms with Crippen molar-refractivity contribution in [3.8, 4) is 11.5 Å². The predicted octanol–water partition coefficient (Wildman–Crippen LogP) is 2.64. The minimum absolute atomic E-state index is 0.193. The van der Waals surface area contributed by atoms with Crippen molar-refractivity contribution in [2.24, 2.45) is 7.05 Å². The Balaban J connectivity index is 1.72. The quantitative estimate of drug-likeness (QED) is 0.788. The second kappa shape index (κ2) is 5.16. The van der Waals surface area contributed by atoms with E-state index in [0.717, 1.165) is 16.8 Å². The van der Waals surface area contributed by atoms with Gasteiger partial charge in [-0.05, 0) is 31.2 Å². The van der Waals surface area contributed by atoms with Crippen LogP contribution < -0.4 is 5.32 Å².